The molecule has 0 saturated carbocycles. The predicted octanol–water partition coefficient (Wildman–Crippen LogP) is 5.40. The van der Waals surface area contributed by atoms with Crippen molar-refractivity contribution in [2.24, 2.45) is 0 Å². The van der Waals surface area contributed by atoms with Gasteiger partial charge in [0.05, 0.1) is 0 Å². The number of rotatable bonds is 12. The second kappa shape index (κ2) is 12.4. The Morgan fingerprint density at radius 3 is 1.19 bits per heavy atom. The molecule has 2 rings (SSSR count). The molecule has 0 bridgehead atoms. The smallest absolute Gasteiger partial charge is 0.224 e. The van der Waals surface area contributed by atoms with Crippen molar-refractivity contribution < 1.29 is 19.2 Å². The number of amides is 2. The third kappa shape index (κ3) is 8.95. The molecule has 0 heterocycles. The fourth-order valence-electron chi connectivity index (χ4n) is 3.12. The summed E-state index contributed by atoms with van der Waals surface area (Å²) in [4.78, 5) is 46.5. The van der Waals surface area contributed by atoms with Gasteiger partial charge in [0.1, 0.15) is 0 Å². The van der Waals surface area contributed by atoms with E-state index in [1.165, 1.54) is 13.8 Å². The zero-order valence-electron chi connectivity index (χ0n) is 18.2. The molecule has 0 unspecified atom stereocenters. The van der Waals surface area contributed by atoms with Gasteiger partial charge in [-0.1, -0.05) is 19.3 Å². The lowest BCUT2D eigenvalue weighted by Gasteiger charge is -2.07. The van der Waals surface area contributed by atoms with Gasteiger partial charge < -0.3 is 10.6 Å². The highest BCUT2D eigenvalue weighted by molar-refractivity contribution is 5.96. The number of anilines is 2. The molecule has 0 aliphatic heterocycles. The molecule has 31 heavy (non-hydrogen) atoms. The van der Waals surface area contributed by atoms with Gasteiger partial charge in [0, 0.05) is 35.3 Å². The van der Waals surface area contributed by atoms with Crippen LogP contribution in [0.15, 0.2) is 48.5 Å². The lowest BCUT2D eigenvalue weighted by molar-refractivity contribution is -0.117. The first-order valence-electron chi connectivity index (χ1n) is 10.7. The minimum atomic E-state index is -0.0363. The Bertz CT molecular complexity index is 827. The van der Waals surface area contributed by atoms with Crippen molar-refractivity contribution in [3.63, 3.8) is 0 Å². The van der Waals surface area contributed by atoms with Crippen molar-refractivity contribution >= 4 is 34.8 Å². The van der Waals surface area contributed by atoms with E-state index in [1.54, 1.807) is 48.5 Å². The minimum absolute atomic E-state index is 0.00122. The predicted molar refractivity (Wildman–Crippen MR) is 122 cm³/mol. The Labute approximate surface area is 183 Å². The number of carbonyl (C=O) groups excluding carboxylic acids is 4. The average Bonchev–Trinajstić information content (AvgIpc) is 2.73. The van der Waals surface area contributed by atoms with Gasteiger partial charge in [0.25, 0.3) is 0 Å². The van der Waals surface area contributed by atoms with Crippen LogP contribution in [-0.4, -0.2) is 23.4 Å². The summed E-state index contributed by atoms with van der Waals surface area (Å²) in [5.74, 6) is -0.0751. The molecule has 0 fully saturated rings. The molecule has 164 valence electrons. The number of benzene rings is 2. The third-order valence-corrected chi connectivity index (χ3v) is 4.96. The fraction of sp³-hybridized carbons (Fsp3) is 0.360. The zero-order chi connectivity index (χ0) is 22.6. The van der Waals surface area contributed by atoms with Crippen LogP contribution in [0.1, 0.15) is 79.5 Å². The van der Waals surface area contributed by atoms with Crippen LogP contribution in [0.25, 0.3) is 0 Å². The van der Waals surface area contributed by atoms with E-state index in [4.69, 9.17) is 0 Å². The van der Waals surface area contributed by atoms with Crippen LogP contribution in [0.4, 0.5) is 11.4 Å². The van der Waals surface area contributed by atoms with Gasteiger partial charge in [-0.05, 0) is 75.2 Å². The maximum absolute atomic E-state index is 12.0. The molecule has 0 spiro atoms. The molecule has 0 radical (unpaired) electrons. The molecule has 2 N–H and O–H groups in total. The van der Waals surface area contributed by atoms with Crippen molar-refractivity contribution in [3.05, 3.63) is 59.7 Å². The molecule has 2 aromatic carbocycles. The lowest BCUT2D eigenvalue weighted by Crippen LogP contribution is -2.11. The van der Waals surface area contributed by atoms with Crippen molar-refractivity contribution in [1.82, 2.24) is 0 Å². The summed E-state index contributed by atoms with van der Waals surface area (Å²) in [6, 6.07) is 13.7. The molecule has 0 saturated heterocycles. The normalized spacial score (nSPS) is 10.4. The first kappa shape index (κ1) is 24.0. The van der Waals surface area contributed by atoms with Gasteiger partial charge in [-0.15, -0.1) is 0 Å². The molecule has 0 atom stereocenters. The Morgan fingerprint density at radius 1 is 0.548 bits per heavy atom. The van der Waals surface area contributed by atoms with E-state index in [0.717, 1.165) is 32.1 Å². The quantitative estimate of drug-likeness (QED) is 0.354. The Balaban J connectivity index is 1.53. The van der Waals surface area contributed by atoms with Gasteiger partial charge in [-0.2, -0.15) is 0 Å². The monoisotopic (exact) mass is 422 g/mol. The Morgan fingerprint density at radius 2 is 0.871 bits per heavy atom. The van der Waals surface area contributed by atoms with E-state index >= 15 is 0 Å². The average molecular weight is 423 g/mol. The summed E-state index contributed by atoms with van der Waals surface area (Å²) in [6.07, 6.45) is 5.34. The van der Waals surface area contributed by atoms with Gasteiger partial charge in [-0.25, -0.2) is 0 Å². The topological polar surface area (TPSA) is 92.3 Å². The van der Waals surface area contributed by atoms with Crippen LogP contribution in [0.2, 0.25) is 0 Å². The molecule has 6 nitrogen and oxygen atoms in total. The number of hydrogen-bond donors (Lipinski definition) is 2. The molecular weight excluding hydrogens is 392 g/mol. The van der Waals surface area contributed by atoms with Crippen molar-refractivity contribution in [1.29, 1.82) is 0 Å². The first-order chi connectivity index (χ1) is 14.8. The van der Waals surface area contributed by atoms with Gasteiger partial charge in [0.2, 0.25) is 11.8 Å². The van der Waals surface area contributed by atoms with Crippen LogP contribution in [-0.2, 0) is 9.59 Å². The second-order valence-electron chi connectivity index (χ2n) is 7.63. The largest absolute Gasteiger partial charge is 0.326 e. The molecule has 0 aliphatic carbocycles. The number of ketones is 2. The number of nitrogens with one attached hydrogen (secondary N) is 2. The summed E-state index contributed by atoms with van der Waals surface area (Å²) < 4.78 is 0. The highest BCUT2D eigenvalue weighted by Gasteiger charge is 2.06. The van der Waals surface area contributed by atoms with E-state index < -0.39 is 0 Å². The van der Waals surface area contributed by atoms with Crippen molar-refractivity contribution in [2.75, 3.05) is 10.6 Å². The number of carbonyl (C=O) groups is 4. The Hall–Kier alpha value is -3.28. The highest BCUT2D eigenvalue weighted by atomic mass is 16.2. The lowest BCUT2D eigenvalue weighted by atomic mass is 10.1. The summed E-state index contributed by atoms with van der Waals surface area (Å²) >= 11 is 0. The summed E-state index contributed by atoms with van der Waals surface area (Å²) in [5, 5.41) is 5.67. The van der Waals surface area contributed by atoms with E-state index in [1.807, 2.05) is 0 Å². The molecular formula is C25H30N2O4. The number of Topliss-reactive ketones (excluding diaryl/α,β-unsaturated/α-hetero) is 2. The molecule has 0 aromatic heterocycles. The van der Waals surface area contributed by atoms with Crippen molar-refractivity contribution in [2.45, 2.75) is 58.8 Å². The van der Waals surface area contributed by atoms with E-state index in [0.29, 0.717) is 35.3 Å². The van der Waals surface area contributed by atoms with Gasteiger partial charge in [-0.3, -0.25) is 19.2 Å². The zero-order valence-corrected chi connectivity index (χ0v) is 18.2. The molecule has 2 amide bonds. The number of hydrogen-bond acceptors (Lipinski definition) is 4. The van der Waals surface area contributed by atoms with Crippen LogP contribution in [0.5, 0.6) is 0 Å². The fourth-order valence-corrected chi connectivity index (χ4v) is 3.12. The maximum Gasteiger partial charge on any atom is 0.224 e. The SMILES string of the molecule is CC(=O)c1ccc(NC(=O)CCCCCCCC(=O)Nc2ccc(C(C)=O)cc2)cc1. The molecule has 6 heteroatoms. The highest BCUT2D eigenvalue weighted by Crippen LogP contribution is 2.14. The van der Waals surface area contributed by atoms with Crippen molar-refractivity contribution in [3.8, 4) is 0 Å². The van der Waals surface area contributed by atoms with Crippen LogP contribution >= 0.6 is 0 Å². The summed E-state index contributed by atoms with van der Waals surface area (Å²) in [6.45, 7) is 3.02. The van der Waals surface area contributed by atoms with E-state index in [9.17, 15) is 19.2 Å². The van der Waals surface area contributed by atoms with Gasteiger partial charge >= 0.3 is 0 Å². The standard InChI is InChI=1S/C25H30N2O4/c1-18(28)20-10-14-22(15-11-20)26-24(30)8-6-4-3-5-7-9-25(31)27-23-16-12-21(13-17-23)19(2)29/h10-17H,3-9H2,1-2H3,(H,26,30)(H,27,31). The number of unbranched alkanes of at least 4 members (excludes halogenated alkanes) is 4. The minimum Gasteiger partial charge on any atom is -0.326 e. The first-order valence-corrected chi connectivity index (χ1v) is 10.7. The molecule has 2 aromatic rings. The van der Waals surface area contributed by atoms with Crippen LogP contribution < -0.4 is 10.6 Å². The van der Waals surface area contributed by atoms with E-state index in [-0.39, 0.29) is 23.4 Å². The van der Waals surface area contributed by atoms with Gasteiger partial charge in [0.15, 0.2) is 11.6 Å². The second-order valence-corrected chi connectivity index (χ2v) is 7.63. The molecule has 0 aliphatic rings. The van der Waals surface area contributed by atoms with Crippen LogP contribution in [0.3, 0.4) is 0 Å². The van der Waals surface area contributed by atoms with E-state index in [2.05, 4.69) is 10.6 Å². The maximum atomic E-state index is 12.0. The summed E-state index contributed by atoms with van der Waals surface area (Å²) in [5.41, 5.74) is 2.63. The van der Waals surface area contributed by atoms with Crippen LogP contribution in [0, 0.1) is 0 Å². The summed E-state index contributed by atoms with van der Waals surface area (Å²) in [7, 11) is 0. The third-order valence-electron chi connectivity index (χ3n) is 4.96. The Kier molecular flexibility index (Phi) is 9.62.